The lowest BCUT2D eigenvalue weighted by Crippen LogP contribution is -2.32. The molecular weight excluding hydrogens is 276 g/mol. The minimum atomic E-state index is -0.492. The van der Waals surface area contributed by atoms with E-state index in [1.807, 2.05) is 44.2 Å². The van der Waals surface area contributed by atoms with Crippen LogP contribution in [0.4, 0.5) is 0 Å². The average Bonchev–Trinajstić information content (AvgIpc) is 2.54. The fraction of sp³-hybridized carbons (Fsp3) is 0.333. The van der Waals surface area contributed by atoms with Crippen molar-refractivity contribution in [3.8, 4) is 11.3 Å². The van der Waals surface area contributed by atoms with Gasteiger partial charge >= 0.3 is 0 Å². The van der Waals surface area contributed by atoms with Crippen LogP contribution >= 0.6 is 0 Å². The lowest BCUT2D eigenvalue weighted by molar-refractivity contribution is 0.0909. The highest BCUT2D eigenvalue weighted by Crippen LogP contribution is 2.23. The summed E-state index contributed by atoms with van der Waals surface area (Å²) >= 11 is 0. The fourth-order valence-corrected chi connectivity index (χ4v) is 2.42. The summed E-state index contributed by atoms with van der Waals surface area (Å²) in [5.74, 6) is -0.162. The number of benzene rings is 1. The highest BCUT2D eigenvalue weighted by Gasteiger charge is 2.14. The minimum Gasteiger partial charge on any atom is -0.391 e. The van der Waals surface area contributed by atoms with Crippen LogP contribution in [0, 0.1) is 6.92 Å². The first-order valence-corrected chi connectivity index (χ1v) is 7.60. The first-order chi connectivity index (χ1) is 10.6. The standard InChI is InChI=1S/C18H22N2O2/c1-3-7-14(21)12-20-18(22)16-9-6-8-15(13(16)2)17-10-4-5-11-19-17/h4-6,8-11,14,21H,3,7,12H2,1-2H3,(H,20,22). The molecule has 0 saturated heterocycles. The number of hydrogen-bond acceptors (Lipinski definition) is 3. The summed E-state index contributed by atoms with van der Waals surface area (Å²) in [6.45, 7) is 4.20. The molecule has 1 heterocycles. The van der Waals surface area contributed by atoms with Crippen molar-refractivity contribution < 1.29 is 9.90 Å². The molecule has 1 unspecified atom stereocenters. The molecule has 2 aromatic rings. The Morgan fingerprint density at radius 1 is 1.27 bits per heavy atom. The van der Waals surface area contributed by atoms with Gasteiger partial charge in [0.05, 0.1) is 11.8 Å². The van der Waals surface area contributed by atoms with Crippen LogP contribution in [0.3, 0.4) is 0 Å². The maximum atomic E-state index is 12.3. The van der Waals surface area contributed by atoms with E-state index >= 15 is 0 Å². The monoisotopic (exact) mass is 298 g/mol. The van der Waals surface area contributed by atoms with E-state index < -0.39 is 6.10 Å². The Hall–Kier alpha value is -2.20. The SMILES string of the molecule is CCCC(O)CNC(=O)c1cccc(-c2ccccn2)c1C. The maximum Gasteiger partial charge on any atom is 0.251 e. The molecule has 2 rings (SSSR count). The summed E-state index contributed by atoms with van der Waals surface area (Å²) in [5, 5.41) is 12.5. The van der Waals surface area contributed by atoms with E-state index in [9.17, 15) is 9.90 Å². The average molecular weight is 298 g/mol. The van der Waals surface area contributed by atoms with Crippen LogP contribution in [0.15, 0.2) is 42.6 Å². The highest BCUT2D eigenvalue weighted by molar-refractivity contribution is 5.97. The molecule has 1 atom stereocenters. The molecule has 0 spiro atoms. The summed E-state index contributed by atoms with van der Waals surface area (Å²) in [6.07, 6.45) is 2.83. The Bertz CT molecular complexity index is 626. The number of aliphatic hydroxyl groups is 1. The molecule has 0 aliphatic carbocycles. The molecule has 0 aliphatic heterocycles. The zero-order valence-corrected chi connectivity index (χ0v) is 13.0. The van der Waals surface area contributed by atoms with Gasteiger partial charge in [-0.05, 0) is 37.1 Å². The second-order valence-electron chi connectivity index (χ2n) is 5.35. The van der Waals surface area contributed by atoms with Gasteiger partial charge in [-0.2, -0.15) is 0 Å². The van der Waals surface area contributed by atoms with E-state index in [-0.39, 0.29) is 12.5 Å². The van der Waals surface area contributed by atoms with Gasteiger partial charge in [-0.3, -0.25) is 9.78 Å². The van der Waals surface area contributed by atoms with Crippen LogP contribution in [0.25, 0.3) is 11.3 Å². The van der Waals surface area contributed by atoms with E-state index in [2.05, 4.69) is 10.3 Å². The predicted octanol–water partition coefficient (Wildman–Crippen LogP) is 2.95. The van der Waals surface area contributed by atoms with Crippen LogP contribution in [0.2, 0.25) is 0 Å². The molecule has 2 N–H and O–H groups in total. The molecule has 0 fully saturated rings. The topological polar surface area (TPSA) is 62.2 Å². The molecule has 0 radical (unpaired) electrons. The smallest absolute Gasteiger partial charge is 0.251 e. The molecule has 1 aromatic heterocycles. The van der Waals surface area contributed by atoms with Crippen molar-refractivity contribution in [2.75, 3.05) is 6.54 Å². The van der Waals surface area contributed by atoms with Crippen molar-refractivity contribution in [2.24, 2.45) is 0 Å². The molecule has 1 aromatic carbocycles. The Kier molecular flexibility index (Phi) is 5.67. The Labute approximate surface area is 131 Å². The van der Waals surface area contributed by atoms with Gasteiger partial charge < -0.3 is 10.4 Å². The van der Waals surface area contributed by atoms with E-state index in [1.54, 1.807) is 12.3 Å². The van der Waals surface area contributed by atoms with Crippen LogP contribution in [0.5, 0.6) is 0 Å². The highest BCUT2D eigenvalue weighted by atomic mass is 16.3. The van der Waals surface area contributed by atoms with Gasteiger partial charge in [-0.25, -0.2) is 0 Å². The molecule has 4 nitrogen and oxygen atoms in total. The fourth-order valence-electron chi connectivity index (χ4n) is 2.42. The summed E-state index contributed by atoms with van der Waals surface area (Å²) < 4.78 is 0. The number of nitrogens with zero attached hydrogens (tertiary/aromatic N) is 1. The predicted molar refractivity (Wildman–Crippen MR) is 87.7 cm³/mol. The molecule has 22 heavy (non-hydrogen) atoms. The number of aromatic nitrogens is 1. The van der Waals surface area contributed by atoms with Crippen molar-refractivity contribution in [3.63, 3.8) is 0 Å². The first-order valence-electron chi connectivity index (χ1n) is 7.60. The number of carbonyl (C=O) groups excluding carboxylic acids is 1. The number of nitrogens with one attached hydrogen (secondary N) is 1. The van der Waals surface area contributed by atoms with E-state index in [4.69, 9.17) is 0 Å². The van der Waals surface area contributed by atoms with Crippen LogP contribution in [-0.2, 0) is 0 Å². The van der Waals surface area contributed by atoms with Gasteiger partial charge in [-0.1, -0.05) is 31.5 Å². The number of pyridine rings is 1. The summed E-state index contributed by atoms with van der Waals surface area (Å²) in [7, 11) is 0. The minimum absolute atomic E-state index is 0.162. The van der Waals surface area contributed by atoms with E-state index in [0.29, 0.717) is 12.0 Å². The van der Waals surface area contributed by atoms with E-state index in [0.717, 1.165) is 23.2 Å². The van der Waals surface area contributed by atoms with Gasteiger partial charge in [0.1, 0.15) is 0 Å². The van der Waals surface area contributed by atoms with Crippen molar-refractivity contribution in [2.45, 2.75) is 32.8 Å². The van der Waals surface area contributed by atoms with E-state index in [1.165, 1.54) is 0 Å². The third-order valence-corrected chi connectivity index (χ3v) is 3.64. The molecule has 116 valence electrons. The van der Waals surface area contributed by atoms with Crippen molar-refractivity contribution in [1.29, 1.82) is 0 Å². The number of aliphatic hydroxyl groups excluding tert-OH is 1. The lowest BCUT2D eigenvalue weighted by atomic mass is 9.99. The zero-order chi connectivity index (χ0) is 15.9. The molecule has 0 bridgehead atoms. The van der Waals surface area contributed by atoms with Gasteiger partial charge in [0.2, 0.25) is 0 Å². The van der Waals surface area contributed by atoms with Crippen molar-refractivity contribution >= 4 is 5.91 Å². The van der Waals surface area contributed by atoms with Crippen LogP contribution in [-0.4, -0.2) is 28.6 Å². The van der Waals surface area contributed by atoms with Crippen LogP contribution in [0.1, 0.15) is 35.7 Å². The maximum absolute atomic E-state index is 12.3. The largest absolute Gasteiger partial charge is 0.391 e. The summed E-state index contributed by atoms with van der Waals surface area (Å²) in [4.78, 5) is 16.7. The Morgan fingerprint density at radius 2 is 2.09 bits per heavy atom. The number of hydrogen-bond donors (Lipinski definition) is 2. The summed E-state index contributed by atoms with van der Waals surface area (Å²) in [6, 6.07) is 11.3. The molecule has 4 heteroatoms. The van der Waals surface area contributed by atoms with Crippen LogP contribution < -0.4 is 5.32 Å². The quantitative estimate of drug-likeness (QED) is 0.862. The van der Waals surface area contributed by atoms with Crippen molar-refractivity contribution in [3.05, 3.63) is 53.7 Å². The van der Waals surface area contributed by atoms with Gasteiger partial charge in [0, 0.05) is 23.9 Å². The lowest BCUT2D eigenvalue weighted by Gasteiger charge is -2.13. The second kappa shape index (κ2) is 7.71. The third-order valence-electron chi connectivity index (χ3n) is 3.64. The van der Waals surface area contributed by atoms with Gasteiger partial charge in [0.25, 0.3) is 5.91 Å². The molecule has 1 amide bonds. The van der Waals surface area contributed by atoms with Gasteiger partial charge in [0.15, 0.2) is 0 Å². The number of carbonyl (C=O) groups is 1. The summed E-state index contributed by atoms with van der Waals surface area (Å²) in [5.41, 5.74) is 3.30. The molecular formula is C18H22N2O2. The van der Waals surface area contributed by atoms with Gasteiger partial charge in [-0.15, -0.1) is 0 Å². The third kappa shape index (κ3) is 3.92. The zero-order valence-electron chi connectivity index (χ0n) is 13.0. The Morgan fingerprint density at radius 3 is 2.77 bits per heavy atom. The Balaban J connectivity index is 2.17. The number of rotatable bonds is 6. The number of amides is 1. The normalized spacial score (nSPS) is 12.0. The second-order valence-corrected chi connectivity index (χ2v) is 5.35. The molecule has 0 aliphatic rings. The molecule has 0 saturated carbocycles. The van der Waals surface area contributed by atoms with Crippen molar-refractivity contribution in [1.82, 2.24) is 10.3 Å². The first kappa shape index (κ1) is 16.2.